The van der Waals surface area contributed by atoms with Crippen LogP contribution in [0.15, 0.2) is 11.6 Å². The molecule has 0 heterocycles. The van der Waals surface area contributed by atoms with Crippen LogP contribution in [0.3, 0.4) is 0 Å². The third kappa shape index (κ3) is 3.36. The number of allylic oxidation sites excluding steroid dienone is 1. The molecule has 0 fully saturated rings. The summed E-state index contributed by atoms with van der Waals surface area (Å²) in [5, 5.41) is 0. The Bertz CT molecular complexity index is 193. The summed E-state index contributed by atoms with van der Waals surface area (Å²) >= 11 is 0. The fourth-order valence-corrected chi connectivity index (χ4v) is 0.246. The van der Waals surface area contributed by atoms with Crippen molar-refractivity contribution in [3.63, 3.8) is 0 Å². The van der Waals surface area contributed by atoms with Crippen LogP contribution in [0.4, 0.5) is 0 Å². The molecule has 0 aromatic rings. The molecular weight excluding hydrogens is 114 g/mol. The topological polar surface area (TPSA) is 40.9 Å². The van der Waals surface area contributed by atoms with Gasteiger partial charge in [-0.15, -0.1) is 5.92 Å². The summed E-state index contributed by atoms with van der Waals surface area (Å²) < 4.78 is 0. The molecule has 47 valence electrons. The highest BCUT2D eigenvalue weighted by Crippen LogP contribution is 1.87. The summed E-state index contributed by atoms with van der Waals surface area (Å²) in [5.74, 6) is 4.50. The molecule has 2 nitrogen and oxygen atoms in total. The molecule has 0 aromatic carbocycles. The van der Waals surface area contributed by atoms with Gasteiger partial charge in [-0.05, 0) is 19.9 Å². The maximum atomic E-state index is 10.2. The van der Waals surface area contributed by atoms with Gasteiger partial charge >= 0.3 is 0 Å². The molecule has 0 saturated heterocycles. The highest BCUT2D eigenvalue weighted by molar-refractivity contribution is 5.91. The van der Waals surface area contributed by atoms with Crippen molar-refractivity contribution in [1.29, 1.82) is 0 Å². The molecule has 0 aliphatic heterocycles. The van der Waals surface area contributed by atoms with Gasteiger partial charge in [-0.1, -0.05) is 5.92 Å². The smallest absolute Gasteiger partial charge is 0.265 e. The number of carbonyl (C=O) groups excluding carboxylic acids is 1. The Morgan fingerprint density at radius 1 is 1.67 bits per heavy atom. The number of carbonyl (C=O) groups is 1. The first-order valence-electron chi connectivity index (χ1n) is 2.53. The Balaban J connectivity index is 4.11. The number of rotatable bonds is 1. The van der Waals surface area contributed by atoms with Gasteiger partial charge in [0.15, 0.2) is 0 Å². The molecule has 0 aliphatic rings. The Morgan fingerprint density at radius 2 is 2.22 bits per heavy atom. The average molecular weight is 122 g/mol. The third-order valence-electron chi connectivity index (χ3n) is 0.791. The summed E-state index contributed by atoms with van der Waals surface area (Å²) in [6, 6.07) is 0. The summed E-state index contributed by atoms with van der Waals surface area (Å²) in [5.41, 5.74) is 6.97. The van der Waals surface area contributed by atoms with Crippen molar-refractivity contribution in [2.45, 2.75) is 13.8 Å². The van der Waals surface area contributed by atoms with Crippen LogP contribution < -0.4 is 5.73 Å². The molecule has 1 radical (unpaired) electrons. The van der Waals surface area contributed by atoms with Crippen LogP contribution in [0.5, 0.6) is 0 Å². The minimum Gasteiger partial charge on any atom is -0.268 e. The molecule has 2 heteroatoms. The maximum absolute atomic E-state index is 10.2. The molecule has 0 bridgehead atoms. The predicted octanol–water partition coefficient (Wildman–Crippen LogP) is 0.765. The van der Waals surface area contributed by atoms with Crippen LogP contribution in [0.25, 0.3) is 0 Å². The third-order valence-corrected chi connectivity index (χ3v) is 0.791. The number of hydrogen-bond donors (Lipinski definition) is 0. The van der Waals surface area contributed by atoms with Crippen LogP contribution in [-0.2, 0) is 4.79 Å². The lowest BCUT2D eigenvalue weighted by atomic mass is 10.3. The first kappa shape index (κ1) is 7.77. The lowest BCUT2D eigenvalue weighted by Gasteiger charge is -1.83. The van der Waals surface area contributed by atoms with Crippen LogP contribution in [0, 0.1) is 11.8 Å². The fourth-order valence-electron chi connectivity index (χ4n) is 0.246. The zero-order chi connectivity index (χ0) is 7.28. The molecule has 0 unspecified atom stereocenters. The van der Waals surface area contributed by atoms with Gasteiger partial charge in [-0.25, -0.2) is 0 Å². The second-order valence-electron chi connectivity index (χ2n) is 1.55. The van der Waals surface area contributed by atoms with Crippen LogP contribution >= 0.6 is 0 Å². The Labute approximate surface area is 54.7 Å². The summed E-state index contributed by atoms with van der Waals surface area (Å²) in [6.07, 6.45) is 1.44. The minimum atomic E-state index is -0.669. The van der Waals surface area contributed by atoms with E-state index < -0.39 is 5.91 Å². The van der Waals surface area contributed by atoms with E-state index in [0.29, 0.717) is 5.57 Å². The Morgan fingerprint density at radius 3 is 2.56 bits per heavy atom. The second kappa shape index (κ2) is 3.73. The van der Waals surface area contributed by atoms with Crippen LogP contribution in [0.2, 0.25) is 0 Å². The zero-order valence-electron chi connectivity index (χ0n) is 5.49. The molecule has 0 spiro atoms. The minimum absolute atomic E-state index is 0.379. The lowest BCUT2D eigenvalue weighted by Crippen LogP contribution is -1.97. The van der Waals surface area contributed by atoms with E-state index in [1.807, 2.05) is 0 Å². The average Bonchev–Trinajstić information content (AvgIpc) is 1.82. The highest BCUT2D eigenvalue weighted by atomic mass is 16.1. The number of amides is 1. The van der Waals surface area contributed by atoms with E-state index in [9.17, 15) is 4.79 Å². The Hall–Kier alpha value is -1.23. The molecular formula is C7H8NO. The van der Waals surface area contributed by atoms with Crippen molar-refractivity contribution in [3.05, 3.63) is 11.6 Å². The maximum Gasteiger partial charge on any atom is 0.265 e. The normalized spacial score (nSPS) is 9.78. The number of hydrogen-bond acceptors (Lipinski definition) is 1. The van der Waals surface area contributed by atoms with Gasteiger partial charge in [0.2, 0.25) is 0 Å². The molecule has 1 N–H and O–H groups in total. The molecule has 0 rings (SSSR count). The van der Waals surface area contributed by atoms with Gasteiger partial charge in [0.05, 0.1) is 0 Å². The van der Waals surface area contributed by atoms with E-state index in [-0.39, 0.29) is 0 Å². The van der Waals surface area contributed by atoms with Crippen molar-refractivity contribution in [3.8, 4) is 11.8 Å². The van der Waals surface area contributed by atoms with Crippen molar-refractivity contribution >= 4 is 5.91 Å². The van der Waals surface area contributed by atoms with Gasteiger partial charge in [-0.2, -0.15) is 0 Å². The van der Waals surface area contributed by atoms with E-state index in [1.54, 1.807) is 13.8 Å². The predicted molar refractivity (Wildman–Crippen MR) is 35.3 cm³/mol. The van der Waals surface area contributed by atoms with Gasteiger partial charge in [0.1, 0.15) is 0 Å². The molecule has 0 saturated carbocycles. The Kier molecular flexibility index (Phi) is 3.22. The molecule has 0 aromatic heterocycles. The monoisotopic (exact) mass is 122 g/mol. The molecule has 0 aliphatic carbocycles. The van der Waals surface area contributed by atoms with Crippen molar-refractivity contribution in [1.82, 2.24) is 5.73 Å². The van der Waals surface area contributed by atoms with E-state index in [0.717, 1.165) is 0 Å². The van der Waals surface area contributed by atoms with Crippen molar-refractivity contribution in [2.75, 3.05) is 0 Å². The first-order valence-corrected chi connectivity index (χ1v) is 2.53. The van der Waals surface area contributed by atoms with E-state index >= 15 is 0 Å². The SMILES string of the molecule is CC#CC=C(C)C([NH])=O. The quantitative estimate of drug-likeness (QED) is 0.374. The summed E-state index contributed by atoms with van der Waals surface area (Å²) in [6.45, 7) is 3.25. The molecule has 9 heavy (non-hydrogen) atoms. The van der Waals surface area contributed by atoms with Crippen LogP contribution in [-0.4, -0.2) is 5.91 Å². The van der Waals surface area contributed by atoms with Gasteiger partial charge < -0.3 is 0 Å². The molecule has 0 atom stereocenters. The fraction of sp³-hybridized carbons (Fsp3) is 0.286. The number of nitrogens with one attached hydrogen (secondary N) is 1. The first-order chi connectivity index (χ1) is 4.18. The van der Waals surface area contributed by atoms with Crippen molar-refractivity contribution in [2.24, 2.45) is 0 Å². The van der Waals surface area contributed by atoms with Gasteiger partial charge in [0.25, 0.3) is 5.91 Å². The van der Waals surface area contributed by atoms with Crippen LogP contribution in [0.1, 0.15) is 13.8 Å². The van der Waals surface area contributed by atoms with E-state index in [4.69, 9.17) is 5.73 Å². The lowest BCUT2D eigenvalue weighted by molar-refractivity contribution is -0.115. The van der Waals surface area contributed by atoms with Crippen molar-refractivity contribution < 1.29 is 4.79 Å². The second-order valence-corrected chi connectivity index (χ2v) is 1.55. The highest BCUT2D eigenvalue weighted by Gasteiger charge is 1.93. The summed E-state index contributed by atoms with van der Waals surface area (Å²) in [4.78, 5) is 10.2. The standard InChI is InChI=1S/C7H8NO/c1-3-4-5-6(2)7(8)9/h5,8H,1-2H3. The van der Waals surface area contributed by atoms with Gasteiger partial charge in [0, 0.05) is 5.57 Å². The summed E-state index contributed by atoms with van der Waals surface area (Å²) in [7, 11) is 0. The molecule has 1 amide bonds. The largest absolute Gasteiger partial charge is 0.268 e. The zero-order valence-corrected chi connectivity index (χ0v) is 5.49. The van der Waals surface area contributed by atoms with E-state index in [2.05, 4.69) is 11.8 Å². The van der Waals surface area contributed by atoms with E-state index in [1.165, 1.54) is 6.08 Å². The van der Waals surface area contributed by atoms with Gasteiger partial charge in [-0.3, -0.25) is 10.5 Å².